The van der Waals surface area contributed by atoms with Gasteiger partial charge in [-0.05, 0) is 79.7 Å². The number of rotatable bonds is 8. The predicted octanol–water partition coefficient (Wildman–Crippen LogP) is 10.6. The van der Waals surface area contributed by atoms with Gasteiger partial charge in [0.2, 0.25) is 11.9 Å². The summed E-state index contributed by atoms with van der Waals surface area (Å²) in [6.07, 6.45) is 0. The third-order valence-corrected chi connectivity index (χ3v) is 5.07. The summed E-state index contributed by atoms with van der Waals surface area (Å²) in [6, 6.07) is 34.3. The van der Waals surface area contributed by atoms with Crippen molar-refractivity contribution in [3.63, 3.8) is 0 Å². The lowest BCUT2D eigenvalue weighted by molar-refractivity contribution is 0.989. The van der Waals surface area contributed by atoms with E-state index >= 15 is 0 Å². The fourth-order valence-electron chi connectivity index (χ4n) is 3.29. The summed E-state index contributed by atoms with van der Waals surface area (Å²) in [5.74, 6) is 1.45. The van der Waals surface area contributed by atoms with Gasteiger partial charge in [0.25, 0.3) is 0 Å². The molecule has 1 aromatic heterocycles. The minimum atomic E-state index is 0.432. The molecule has 1 heterocycles. The Morgan fingerprint density at radius 3 is 1.07 bits per heavy atom. The molecule has 0 amide bonds. The van der Waals surface area contributed by atoms with Crippen molar-refractivity contribution in [3.8, 4) is 0 Å². The van der Waals surface area contributed by atoms with E-state index < -0.39 is 0 Å². The van der Waals surface area contributed by atoms with Crippen LogP contribution in [0.5, 0.6) is 0 Å². The van der Waals surface area contributed by atoms with Crippen LogP contribution in [0, 0.1) is 6.92 Å². The summed E-state index contributed by atoms with van der Waals surface area (Å²) in [7, 11) is 0. The number of benzene rings is 4. The van der Waals surface area contributed by atoms with Crippen molar-refractivity contribution in [1.82, 2.24) is 15.0 Å². The zero-order valence-corrected chi connectivity index (χ0v) is 24.0. The maximum Gasteiger partial charge on any atom is 0.232 e. The molecule has 9 nitrogen and oxygen atoms in total. The summed E-state index contributed by atoms with van der Waals surface area (Å²) in [5.41, 5.74) is 4.74. The summed E-state index contributed by atoms with van der Waals surface area (Å²) < 4.78 is 0. The molecule has 0 saturated carbocycles. The van der Waals surface area contributed by atoms with E-state index in [2.05, 4.69) is 46.0 Å². The van der Waals surface area contributed by atoms with Gasteiger partial charge >= 0.3 is 0 Å². The summed E-state index contributed by atoms with van der Waals surface area (Å²) in [6.45, 7) is 9.82. The van der Waals surface area contributed by atoms with E-state index in [0.717, 1.165) is 34.1 Å². The lowest BCUT2D eigenvalue weighted by atomic mass is 10.3. The standard InChI is InChI=1S/C28H23N9.2C2H6/c1-20-29-27(31-21-12-16-25(17-13-21)36-34-23-8-4-2-5-9-23)33-28(30-20)32-22-14-18-26(19-15-22)37-35-24-10-6-3-7-11-24;2*1-2/h2-19H,1H3,(H2,29,30,31,32,33);2*1-2H3. The van der Waals surface area contributed by atoms with E-state index in [4.69, 9.17) is 0 Å². The Balaban J connectivity index is 0.00000111. The topological polar surface area (TPSA) is 112 Å². The van der Waals surface area contributed by atoms with Crippen molar-refractivity contribution in [2.45, 2.75) is 34.6 Å². The molecule has 0 bridgehead atoms. The molecule has 0 aliphatic carbocycles. The molecule has 0 aliphatic heterocycles. The van der Waals surface area contributed by atoms with Crippen LogP contribution in [-0.4, -0.2) is 15.0 Å². The van der Waals surface area contributed by atoms with Gasteiger partial charge in [-0.1, -0.05) is 64.1 Å². The highest BCUT2D eigenvalue weighted by atomic mass is 15.2. The smallest absolute Gasteiger partial charge is 0.232 e. The number of aryl methyl sites for hydroxylation is 1. The van der Waals surface area contributed by atoms with Crippen LogP contribution in [0.2, 0.25) is 0 Å². The normalized spacial score (nSPS) is 10.4. The van der Waals surface area contributed by atoms with Crippen molar-refractivity contribution in [2.75, 3.05) is 10.6 Å². The van der Waals surface area contributed by atoms with E-state index in [1.165, 1.54) is 0 Å². The van der Waals surface area contributed by atoms with Crippen LogP contribution in [-0.2, 0) is 0 Å². The maximum atomic E-state index is 4.49. The lowest BCUT2D eigenvalue weighted by Crippen LogP contribution is -2.05. The highest BCUT2D eigenvalue weighted by Gasteiger charge is 2.06. The fourth-order valence-corrected chi connectivity index (χ4v) is 3.29. The molecule has 0 radical (unpaired) electrons. The zero-order chi connectivity index (χ0) is 29.3. The molecule has 0 aliphatic rings. The summed E-state index contributed by atoms with van der Waals surface area (Å²) in [4.78, 5) is 13.3. The number of hydrogen-bond donors (Lipinski definition) is 2. The molecular formula is C32H35N9. The summed E-state index contributed by atoms with van der Waals surface area (Å²) in [5, 5.41) is 23.4. The molecule has 5 aromatic rings. The van der Waals surface area contributed by atoms with Gasteiger partial charge in [-0.25, -0.2) is 0 Å². The van der Waals surface area contributed by atoms with Crippen LogP contribution in [0.4, 0.5) is 46.0 Å². The number of azo groups is 2. The van der Waals surface area contributed by atoms with Crippen LogP contribution in [0.25, 0.3) is 0 Å². The SMILES string of the molecule is CC.CC.Cc1nc(Nc2ccc(N=Nc3ccccc3)cc2)nc(Nc2ccc(N=Nc3ccccc3)cc2)n1. The Hall–Kier alpha value is -5.31. The van der Waals surface area contributed by atoms with E-state index in [9.17, 15) is 0 Å². The number of nitrogens with one attached hydrogen (secondary N) is 2. The highest BCUT2D eigenvalue weighted by Crippen LogP contribution is 2.24. The third-order valence-electron chi connectivity index (χ3n) is 5.07. The van der Waals surface area contributed by atoms with E-state index in [-0.39, 0.29) is 0 Å². The van der Waals surface area contributed by atoms with Crippen molar-refractivity contribution >= 4 is 46.0 Å². The molecule has 2 N–H and O–H groups in total. The quantitative estimate of drug-likeness (QED) is 0.188. The molecule has 41 heavy (non-hydrogen) atoms. The molecule has 5 rings (SSSR count). The first-order valence-electron chi connectivity index (χ1n) is 13.6. The first-order valence-corrected chi connectivity index (χ1v) is 13.6. The van der Waals surface area contributed by atoms with Crippen LogP contribution < -0.4 is 10.6 Å². The van der Waals surface area contributed by atoms with Crippen LogP contribution in [0.1, 0.15) is 33.5 Å². The minimum Gasteiger partial charge on any atom is -0.324 e. The lowest BCUT2D eigenvalue weighted by Gasteiger charge is -2.09. The molecule has 0 fully saturated rings. The first kappa shape index (κ1) is 30.2. The maximum absolute atomic E-state index is 4.49. The average Bonchev–Trinajstić information content (AvgIpc) is 3.03. The molecule has 208 valence electrons. The Morgan fingerprint density at radius 2 is 0.732 bits per heavy atom. The molecule has 9 heteroatoms. The van der Waals surface area contributed by atoms with Gasteiger partial charge in [-0.15, -0.1) is 0 Å². The second-order valence-electron chi connectivity index (χ2n) is 7.94. The monoisotopic (exact) mass is 545 g/mol. The second-order valence-corrected chi connectivity index (χ2v) is 7.94. The van der Waals surface area contributed by atoms with Crippen LogP contribution >= 0.6 is 0 Å². The van der Waals surface area contributed by atoms with Gasteiger partial charge in [0.05, 0.1) is 22.7 Å². The molecule has 4 aromatic carbocycles. The highest BCUT2D eigenvalue weighted by molar-refractivity contribution is 5.60. The van der Waals surface area contributed by atoms with Gasteiger partial charge in [-0.2, -0.15) is 35.4 Å². The number of anilines is 4. The molecule has 0 unspecified atom stereocenters. The average molecular weight is 546 g/mol. The number of aromatic nitrogens is 3. The largest absolute Gasteiger partial charge is 0.324 e. The molecule has 0 atom stereocenters. The predicted molar refractivity (Wildman–Crippen MR) is 168 cm³/mol. The van der Waals surface area contributed by atoms with Crippen molar-refractivity contribution in [1.29, 1.82) is 0 Å². The van der Waals surface area contributed by atoms with E-state index in [0.29, 0.717) is 17.7 Å². The Labute approximate surface area is 241 Å². The van der Waals surface area contributed by atoms with E-state index in [1.54, 1.807) is 0 Å². The molecular weight excluding hydrogens is 510 g/mol. The van der Waals surface area contributed by atoms with E-state index in [1.807, 2.05) is 144 Å². The van der Waals surface area contributed by atoms with Crippen molar-refractivity contribution < 1.29 is 0 Å². The Kier molecular flexibility index (Phi) is 12.2. The van der Waals surface area contributed by atoms with Crippen molar-refractivity contribution in [2.24, 2.45) is 20.5 Å². The second kappa shape index (κ2) is 16.6. The van der Waals surface area contributed by atoms with Gasteiger partial charge in [-0.3, -0.25) is 0 Å². The zero-order valence-electron chi connectivity index (χ0n) is 24.0. The number of nitrogens with zero attached hydrogens (tertiary/aromatic N) is 7. The van der Waals surface area contributed by atoms with Gasteiger partial charge in [0.1, 0.15) is 5.82 Å². The van der Waals surface area contributed by atoms with Crippen LogP contribution in [0.15, 0.2) is 130 Å². The van der Waals surface area contributed by atoms with Gasteiger partial charge in [0, 0.05) is 11.4 Å². The Bertz CT molecular complexity index is 1390. The third kappa shape index (κ3) is 10.1. The van der Waals surface area contributed by atoms with Crippen LogP contribution in [0.3, 0.4) is 0 Å². The van der Waals surface area contributed by atoms with Gasteiger partial charge in [0.15, 0.2) is 0 Å². The summed E-state index contributed by atoms with van der Waals surface area (Å²) >= 11 is 0. The molecule has 0 saturated heterocycles. The fraction of sp³-hybridized carbons (Fsp3) is 0.156. The van der Waals surface area contributed by atoms with Gasteiger partial charge < -0.3 is 10.6 Å². The molecule has 0 spiro atoms. The minimum absolute atomic E-state index is 0.432. The number of hydrogen-bond acceptors (Lipinski definition) is 9. The Morgan fingerprint density at radius 1 is 0.415 bits per heavy atom. The first-order chi connectivity index (χ1) is 20.2. The van der Waals surface area contributed by atoms with Crippen molar-refractivity contribution in [3.05, 3.63) is 115 Å².